The van der Waals surface area contributed by atoms with Gasteiger partial charge >= 0.3 is 0 Å². The molecule has 4 aromatic carbocycles. The number of hydrogen-bond donors (Lipinski definition) is 1. The second-order valence-electron chi connectivity index (χ2n) is 11.6. The first-order valence-electron chi connectivity index (χ1n) is 15.5. The van der Waals surface area contributed by atoms with Crippen LogP contribution in [0.15, 0.2) is 112 Å². The van der Waals surface area contributed by atoms with Crippen molar-refractivity contribution in [1.82, 2.24) is 10.2 Å². The van der Waals surface area contributed by atoms with E-state index in [9.17, 15) is 18.0 Å². The molecule has 5 rings (SSSR count). The molecule has 0 bridgehead atoms. The largest absolute Gasteiger partial charge is 0.352 e. The predicted molar refractivity (Wildman–Crippen MR) is 191 cm³/mol. The molecule has 0 aromatic heterocycles. The first-order chi connectivity index (χ1) is 22.6. The molecule has 1 aliphatic rings. The zero-order valence-corrected chi connectivity index (χ0v) is 29.6. The van der Waals surface area contributed by atoms with Crippen molar-refractivity contribution in [1.29, 1.82) is 0 Å². The zero-order chi connectivity index (χ0) is 33.4. The summed E-state index contributed by atoms with van der Waals surface area (Å²) in [4.78, 5) is 30.4. The second kappa shape index (κ2) is 16.2. The van der Waals surface area contributed by atoms with E-state index in [1.54, 1.807) is 60.7 Å². The number of benzene rings is 4. The molecule has 0 spiro atoms. The van der Waals surface area contributed by atoms with Gasteiger partial charge in [-0.3, -0.25) is 13.9 Å². The molecule has 2 amide bonds. The Morgan fingerprint density at radius 2 is 1.49 bits per heavy atom. The fraction of sp³-hybridized carbons (Fsp3) is 0.278. The number of amides is 2. The van der Waals surface area contributed by atoms with E-state index in [4.69, 9.17) is 23.2 Å². The number of nitrogens with zero attached hydrogens (tertiary/aromatic N) is 2. The number of halogens is 3. The maximum atomic E-state index is 14.6. The average Bonchev–Trinajstić information content (AvgIpc) is 3.08. The highest BCUT2D eigenvalue weighted by Crippen LogP contribution is 2.29. The van der Waals surface area contributed by atoms with Crippen molar-refractivity contribution in [2.45, 2.75) is 62.0 Å². The Labute approximate surface area is 295 Å². The van der Waals surface area contributed by atoms with Crippen molar-refractivity contribution < 1.29 is 18.0 Å². The Kier molecular flexibility index (Phi) is 12.0. The van der Waals surface area contributed by atoms with Crippen LogP contribution in [0.25, 0.3) is 0 Å². The number of rotatable bonds is 12. The fourth-order valence-corrected chi connectivity index (χ4v) is 7.95. The molecule has 0 saturated heterocycles. The van der Waals surface area contributed by atoms with E-state index in [1.165, 1.54) is 17.0 Å². The van der Waals surface area contributed by atoms with Gasteiger partial charge in [-0.05, 0) is 66.4 Å². The van der Waals surface area contributed by atoms with Crippen LogP contribution in [0.4, 0.5) is 5.69 Å². The Balaban J connectivity index is 1.57. The quantitative estimate of drug-likeness (QED) is 0.159. The van der Waals surface area contributed by atoms with Crippen molar-refractivity contribution in [3.05, 3.63) is 129 Å². The van der Waals surface area contributed by atoms with Crippen LogP contribution < -0.4 is 9.62 Å². The first-order valence-corrected chi connectivity index (χ1v) is 18.5. The molecule has 1 fully saturated rings. The lowest BCUT2D eigenvalue weighted by Gasteiger charge is -2.35. The highest BCUT2D eigenvalue weighted by atomic mass is 79.9. The number of anilines is 1. The third kappa shape index (κ3) is 9.16. The first kappa shape index (κ1) is 35.0. The Hall–Kier alpha value is -3.37. The van der Waals surface area contributed by atoms with Crippen LogP contribution in [0.2, 0.25) is 10.0 Å². The zero-order valence-electron chi connectivity index (χ0n) is 25.7. The van der Waals surface area contributed by atoms with Gasteiger partial charge < -0.3 is 10.2 Å². The van der Waals surface area contributed by atoms with Crippen molar-refractivity contribution >= 4 is 66.7 Å². The molecule has 11 heteroatoms. The van der Waals surface area contributed by atoms with Crippen LogP contribution in [0.3, 0.4) is 0 Å². The molecular weight excluding hydrogens is 721 g/mol. The third-order valence-corrected chi connectivity index (χ3v) is 11.3. The highest BCUT2D eigenvalue weighted by molar-refractivity contribution is 9.10. The van der Waals surface area contributed by atoms with Gasteiger partial charge in [0.25, 0.3) is 10.0 Å². The van der Waals surface area contributed by atoms with Crippen molar-refractivity contribution in [2.24, 2.45) is 0 Å². The van der Waals surface area contributed by atoms with Gasteiger partial charge in [-0.1, -0.05) is 119 Å². The van der Waals surface area contributed by atoms with Gasteiger partial charge in [0.1, 0.15) is 12.6 Å². The summed E-state index contributed by atoms with van der Waals surface area (Å²) in [6, 6.07) is 28.4. The van der Waals surface area contributed by atoms with Crippen LogP contribution in [-0.4, -0.2) is 43.8 Å². The van der Waals surface area contributed by atoms with Crippen molar-refractivity contribution in [3.8, 4) is 0 Å². The summed E-state index contributed by atoms with van der Waals surface area (Å²) in [5.74, 6) is -0.829. The van der Waals surface area contributed by atoms with E-state index < -0.39 is 28.5 Å². The summed E-state index contributed by atoms with van der Waals surface area (Å²) in [5, 5.41) is 3.88. The number of sulfonamides is 1. The Morgan fingerprint density at radius 1 is 0.809 bits per heavy atom. The lowest BCUT2D eigenvalue weighted by Crippen LogP contribution is -2.55. The number of hydrogen-bond acceptors (Lipinski definition) is 4. The summed E-state index contributed by atoms with van der Waals surface area (Å²) in [6.07, 6.45) is 5.16. The van der Waals surface area contributed by atoms with E-state index in [0.29, 0.717) is 25.8 Å². The lowest BCUT2D eigenvalue weighted by atomic mass is 9.94. The topological polar surface area (TPSA) is 86.8 Å². The molecule has 1 aliphatic carbocycles. The number of carbonyl (C=O) groups excluding carboxylic acids is 2. The molecule has 1 saturated carbocycles. The van der Waals surface area contributed by atoms with E-state index >= 15 is 0 Å². The van der Waals surface area contributed by atoms with Gasteiger partial charge in [0.2, 0.25) is 11.8 Å². The van der Waals surface area contributed by atoms with Gasteiger partial charge in [-0.25, -0.2) is 8.42 Å². The van der Waals surface area contributed by atoms with Crippen LogP contribution >= 0.6 is 39.1 Å². The van der Waals surface area contributed by atoms with Crippen LogP contribution in [0.1, 0.15) is 43.2 Å². The van der Waals surface area contributed by atoms with E-state index in [0.717, 1.165) is 42.0 Å². The van der Waals surface area contributed by atoms with Crippen LogP contribution in [-0.2, 0) is 32.6 Å². The summed E-state index contributed by atoms with van der Waals surface area (Å²) < 4.78 is 30.0. The van der Waals surface area contributed by atoms with Crippen molar-refractivity contribution in [3.63, 3.8) is 0 Å². The molecule has 0 aliphatic heterocycles. The number of carbonyl (C=O) groups is 2. The summed E-state index contributed by atoms with van der Waals surface area (Å²) in [6.45, 7) is -0.542. The average molecular weight is 758 g/mol. The van der Waals surface area contributed by atoms with E-state index in [-0.39, 0.29) is 29.8 Å². The van der Waals surface area contributed by atoms with Gasteiger partial charge in [0.05, 0.1) is 20.6 Å². The Morgan fingerprint density at radius 3 is 2.15 bits per heavy atom. The molecule has 1 atom stereocenters. The minimum atomic E-state index is -4.19. The minimum absolute atomic E-state index is 0.00299. The monoisotopic (exact) mass is 755 g/mol. The third-order valence-electron chi connectivity index (χ3n) is 8.27. The standard InChI is InChI=1S/C36H36BrCl2N3O4S/c37-28-13-10-16-30(23-28)42(47(45,46)31-17-8-3-9-18-31)25-35(43)41(24-27-19-20-32(38)33(39)21-27)34(22-26-11-4-1-5-12-26)36(44)40-29-14-6-2-7-15-29/h1,3-5,8-13,16-21,23,29,34H,2,6-7,14-15,22,24-25H2,(H,40,44). The number of nitrogens with one attached hydrogen (secondary N) is 1. The molecule has 1 N–H and O–H groups in total. The molecule has 7 nitrogen and oxygen atoms in total. The summed E-state index contributed by atoms with van der Waals surface area (Å²) in [5.41, 5.74) is 1.82. The minimum Gasteiger partial charge on any atom is -0.352 e. The molecule has 47 heavy (non-hydrogen) atoms. The molecule has 0 heterocycles. The highest BCUT2D eigenvalue weighted by Gasteiger charge is 2.35. The van der Waals surface area contributed by atoms with Gasteiger partial charge in [-0.2, -0.15) is 0 Å². The normalized spacial score (nSPS) is 14.3. The SMILES string of the molecule is O=C(NC1CCCCC1)C(Cc1ccccc1)N(Cc1ccc(Cl)c(Cl)c1)C(=O)CN(c1cccc(Br)c1)S(=O)(=O)c1ccccc1. The molecule has 246 valence electrons. The lowest BCUT2D eigenvalue weighted by molar-refractivity contribution is -0.140. The maximum Gasteiger partial charge on any atom is 0.264 e. The molecule has 0 radical (unpaired) electrons. The maximum absolute atomic E-state index is 14.6. The predicted octanol–water partition coefficient (Wildman–Crippen LogP) is 8.04. The van der Waals surface area contributed by atoms with E-state index in [2.05, 4.69) is 21.2 Å². The van der Waals surface area contributed by atoms with Gasteiger partial charge in [-0.15, -0.1) is 0 Å². The summed E-state index contributed by atoms with van der Waals surface area (Å²) in [7, 11) is -4.19. The summed E-state index contributed by atoms with van der Waals surface area (Å²) >= 11 is 16.0. The van der Waals surface area contributed by atoms with Gasteiger partial charge in [0, 0.05) is 23.5 Å². The second-order valence-corrected chi connectivity index (χ2v) is 15.2. The smallest absolute Gasteiger partial charge is 0.264 e. The van der Waals surface area contributed by atoms with Crippen LogP contribution in [0.5, 0.6) is 0 Å². The molecule has 4 aromatic rings. The van der Waals surface area contributed by atoms with Gasteiger partial charge in [0.15, 0.2) is 0 Å². The van der Waals surface area contributed by atoms with Crippen LogP contribution in [0, 0.1) is 0 Å². The Bertz CT molecular complexity index is 1790. The van der Waals surface area contributed by atoms with E-state index in [1.807, 2.05) is 30.3 Å². The van der Waals surface area contributed by atoms with Crippen molar-refractivity contribution in [2.75, 3.05) is 10.8 Å². The molecule has 1 unspecified atom stereocenters. The molecular formula is C36H36BrCl2N3O4S. The fourth-order valence-electron chi connectivity index (χ4n) is 5.81.